The normalized spacial score (nSPS) is 13.3. The largest absolute Gasteiger partial charge is 0.264 e. The fraction of sp³-hybridized carbons (Fsp3) is 0.583. The molecule has 0 saturated carbocycles. The highest BCUT2D eigenvalue weighted by molar-refractivity contribution is 5.21. The zero-order chi connectivity index (χ0) is 9.84. The molecule has 1 heterocycles. The van der Waals surface area contributed by atoms with E-state index >= 15 is 0 Å². The molecule has 1 heteroatoms. The minimum absolute atomic E-state index is 0.751. The molecule has 1 nitrogen and oxygen atoms in total. The van der Waals surface area contributed by atoms with Gasteiger partial charge in [-0.15, -0.1) is 0 Å². The monoisotopic (exact) mass is 177 g/mol. The molecule has 0 radical (unpaired) electrons. The van der Waals surface area contributed by atoms with Gasteiger partial charge in [0.1, 0.15) is 0 Å². The molecule has 0 aromatic carbocycles. The Labute approximate surface area is 81.2 Å². The van der Waals surface area contributed by atoms with Crippen molar-refractivity contribution >= 4 is 0 Å². The molecule has 0 aliphatic rings. The van der Waals surface area contributed by atoms with Crippen molar-refractivity contribution in [3.05, 3.63) is 29.6 Å². The summed E-state index contributed by atoms with van der Waals surface area (Å²) in [5, 5.41) is 0. The van der Waals surface area contributed by atoms with Gasteiger partial charge in [-0.2, -0.15) is 0 Å². The van der Waals surface area contributed by atoms with Crippen molar-refractivity contribution in [3.8, 4) is 0 Å². The quantitative estimate of drug-likeness (QED) is 0.690. The first kappa shape index (κ1) is 10.2. The number of hydrogen-bond acceptors (Lipinski definition) is 1. The molecule has 0 aliphatic heterocycles. The van der Waals surface area contributed by atoms with Crippen LogP contribution in [-0.2, 0) is 6.42 Å². The number of aromatic nitrogens is 1. The van der Waals surface area contributed by atoms with Crippen molar-refractivity contribution in [3.63, 3.8) is 0 Å². The Morgan fingerprint density at radius 1 is 1.31 bits per heavy atom. The van der Waals surface area contributed by atoms with Gasteiger partial charge in [0.25, 0.3) is 0 Å². The van der Waals surface area contributed by atoms with Crippen molar-refractivity contribution in [2.45, 2.75) is 34.1 Å². The lowest BCUT2D eigenvalue weighted by Crippen LogP contribution is -2.08. The number of pyridine rings is 1. The van der Waals surface area contributed by atoms with E-state index in [9.17, 15) is 0 Å². The van der Waals surface area contributed by atoms with Gasteiger partial charge in [-0.05, 0) is 42.4 Å². The van der Waals surface area contributed by atoms with Crippen LogP contribution in [0.1, 0.15) is 31.9 Å². The fourth-order valence-electron chi connectivity index (χ4n) is 1.31. The molecule has 1 unspecified atom stereocenters. The second-order valence-electron chi connectivity index (χ2n) is 4.23. The van der Waals surface area contributed by atoms with E-state index in [0.717, 1.165) is 11.8 Å². The summed E-state index contributed by atoms with van der Waals surface area (Å²) in [6.07, 6.45) is 5.00. The summed E-state index contributed by atoms with van der Waals surface area (Å²) in [4.78, 5) is 4.10. The third kappa shape index (κ3) is 2.83. The molecule has 0 saturated heterocycles. The van der Waals surface area contributed by atoms with E-state index in [-0.39, 0.29) is 0 Å². The van der Waals surface area contributed by atoms with Crippen molar-refractivity contribution < 1.29 is 0 Å². The van der Waals surface area contributed by atoms with Gasteiger partial charge >= 0.3 is 0 Å². The highest BCUT2D eigenvalue weighted by Gasteiger charge is 2.08. The summed E-state index contributed by atoms with van der Waals surface area (Å²) < 4.78 is 0. The molecule has 0 bridgehead atoms. The topological polar surface area (TPSA) is 12.9 Å². The SMILES string of the molecule is Cc1cnccc1CC(C)C(C)C. The van der Waals surface area contributed by atoms with Crippen LogP contribution in [0.5, 0.6) is 0 Å². The molecular formula is C12H19N. The van der Waals surface area contributed by atoms with E-state index in [2.05, 4.69) is 38.7 Å². The van der Waals surface area contributed by atoms with Crippen LogP contribution in [-0.4, -0.2) is 4.98 Å². The zero-order valence-corrected chi connectivity index (χ0v) is 9.04. The molecule has 1 atom stereocenters. The first-order valence-corrected chi connectivity index (χ1v) is 5.00. The fourth-order valence-corrected chi connectivity index (χ4v) is 1.31. The number of aryl methyl sites for hydroxylation is 1. The highest BCUT2D eigenvalue weighted by atomic mass is 14.6. The molecule has 1 rings (SSSR count). The van der Waals surface area contributed by atoms with E-state index in [4.69, 9.17) is 0 Å². The molecule has 13 heavy (non-hydrogen) atoms. The number of rotatable bonds is 3. The second-order valence-corrected chi connectivity index (χ2v) is 4.23. The minimum Gasteiger partial charge on any atom is -0.264 e. The Bertz CT molecular complexity index is 266. The molecule has 0 spiro atoms. The van der Waals surface area contributed by atoms with Gasteiger partial charge in [0.05, 0.1) is 0 Å². The molecule has 72 valence electrons. The van der Waals surface area contributed by atoms with E-state index < -0.39 is 0 Å². The average molecular weight is 177 g/mol. The van der Waals surface area contributed by atoms with Gasteiger partial charge in [0.15, 0.2) is 0 Å². The summed E-state index contributed by atoms with van der Waals surface area (Å²) in [6, 6.07) is 2.13. The predicted molar refractivity (Wildman–Crippen MR) is 56.7 cm³/mol. The van der Waals surface area contributed by atoms with E-state index in [1.54, 1.807) is 0 Å². The van der Waals surface area contributed by atoms with Gasteiger partial charge in [0, 0.05) is 12.4 Å². The second kappa shape index (κ2) is 4.40. The maximum absolute atomic E-state index is 4.10. The molecule has 0 aliphatic carbocycles. The highest BCUT2D eigenvalue weighted by Crippen LogP contribution is 2.17. The van der Waals surface area contributed by atoms with Crippen LogP contribution in [0.4, 0.5) is 0 Å². The first-order valence-electron chi connectivity index (χ1n) is 5.00. The number of hydrogen-bond donors (Lipinski definition) is 0. The van der Waals surface area contributed by atoms with Gasteiger partial charge in [0.2, 0.25) is 0 Å². The van der Waals surface area contributed by atoms with Crippen LogP contribution in [0.2, 0.25) is 0 Å². The van der Waals surface area contributed by atoms with Crippen LogP contribution in [0, 0.1) is 18.8 Å². The van der Waals surface area contributed by atoms with Crippen LogP contribution >= 0.6 is 0 Å². The van der Waals surface area contributed by atoms with Gasteiger partial charge in [-0.1, -0.05) is 20.8 Å². The van der Waals surface area contributed by atoms with Crippen LogP contribution < -0.4 is 0 Å². The van der Waals surface area contributed by atoms with Crippen molar-refractivity contribution in [2.75, 3.05) is 0 Å². The Hall–Kier alpha value is -0.850. The molecule has 0 N–H and O–H groups in total. The molecule has 1 aromatic rings. The van der Waals surface area contributed by atoms with Gasteiger partial charge in [-0.3, -0.25) is 4.98 Å². The third-order valence-corrected chi connectivity index (χ3v) is 2.82. The van der Waals surface area contributed by atoms with Crippen LogP contribution in [0.3, 0.4) is 0 Å². The van der Waals surface area contributed by atoms with Crippen LogP contribution in [0.25, 0.3) is 0 Å². The summed E-state index contributed by atoms with van der Waals surface area (Å²) in [6.45, 7) is 9.00. The lowest BCUT2D eigenvalue weighted by Gasteiger charge is -2.16. The zero-order valence-electron chi connectivity index (χ0n) is 9.04. The Morgan fingerprint density at radius 3 is 2.54 bits per heavy atom. The summed E-state index contributed by atoms with van der Waals surface area (Å²) in [5.41, 5.74) is 2.76. The Morgan fingerprint density at radius 2 is 2.00 bits per heavy atom. The summed E-state index contributed by atoms with van der Waals surface area (Å²) in [5.74, 6) is 1.51. The maximum Gasteiger partial charge on any atom is 0.0299 e. The van der Waals surface area contributed by atoms with Crippen molar-refractivity contribution in [1.29, 1.82) is 0 Å². The van der Waals surface area contributed by atoms with E-state index in [1.165, 1.54) is 17.5 Å². The smallest absolute Gasteiger partial charge is 0.0299 e. The molecular weight excluding hydrogens is 158 g/mol. The summed E-state index contributed by atoms with van der Waals surface area (Å²) in [7, 11) is 0. The van der Waals surface area contributed by atoms with Crippen molar-refractivity contribution in [2.24, 2.45) is 11.8 Å². The lowest BCUT2D eigenvalue weighted by atomic mass is 9.90. The average Bonchev–Trinajstić information content (AvgIpc) is 2.08. The predicted octanol–water partition coefficient (Wildman–Crippen LogP) is 3.22. The van der Waals surface area contributed by atoms with Gasteiger partial charge in [-0.25, -0.2) is 0 Å². The molecule has 0 amide bonds. The first-order chi connectivity index (χ1) is 6.11. The Balaban J connectivity index is 2.69. The van der Waals surface area contributed by atoms with E-state index in [0.29, 0.717) is 0 Å². The lowest BCUT2D eigenvalue weighted by molar-refractivity contribution is 0.416. The van der Waals surface area contributed by atoms with Crippen molar-refractivity contribution in [1.82, 2.24) is 4.98 Å². The maximum atomic E-state index is 4.10. The van der Waals surface area contributed by atoms with Gasteiger partial charge < -0.3 is 0 Å². The standard InChI is InChI=1S/C12H19N/c1-9(2)10(3)7-12-5-6-13-8-11(12)4/h5-6,8-10H,7H2,1-4H3. The molecule has 1 aromatic heterocycles. The van der Waals surface area contributed by atoms with Crippen LogP contribution in [0.15, 0.2) is 18.5 Å². The molecule has 0 fully saturated rings. The summed E-state index contributed by atoms with van der Waals surface area (Å²) >= 11 is 0. The Kier molecular flexibility index (Phi) is 3.47. The van der Waals surface area contributed by atoms with E-state index in [1.807, 2.05) is 12.4 Å². The minimum atomic E-state index is 0.751. The number of nitrogens with zero attached hydrogens (tertiary/aromatic N) is 1. The third-order valence-electron chi connectivity index (χ3n) is 2.82.